The quantitative estimate of drug-likeness (QED) is 0.620. The summed E-state index contributed by atoms with van der Waals surface area (Å²) < 4.78 is 0. The van der Waals surface area contributed by atoms with Gasteiger partial charge in [0.05, 0.1) is 0 Å². The molecule has 4 heteroatoms. The Labute approximate surface area is 148 Å². The SMILES string of the molecule is CCN(/C=C1\C(=O)C(c2ccccc2)N(c2ccccc2)C1=O)CC. The lowest BCUT2D eigenvalue weighted by molar-refractivity contribution is -0.117. The van der Waals surface area contributed by atoms with Gasteiger partial charge in [-0.05, 0) is 31.5 Å². The van der Waals surface area contributed by atoms with Crippen molar-refractivity contribution in [2.45, 2.75) is 19.9 Å². The lowest BCUT2D eigenvalue weighted by Crippen LogP contribution is -2.29. The number of amides is 1. The molecule has 1 amide bonds. The summed E-state index contributed by atoms with van der Waals surface area (Å²) in [5, 5.41) is 0. The lowest BCUT2D eigenvalue weighted by Gasteiger charge is -2.23. The van der Waals surface area contributed by atoms with Crippen molar-refractivity contribution in [3.8, 4) is 0 Å². The van der Waals surface area contributed by atoms with Crippen LogP contribution in [0.1, 0.15) is 25.5 Å². The zero-order valence-electron chi connectivity index (χ0n) is 14.6. The molecule has 0 saturated carbocycles. The van der Waals surface area contributed by atoms with E-state index in [9.17, 15) is 9.59 Å². The summed E-state index contributed by atoms with van der Waals surface area (Å²) in [5.74, 6) is -0.385. The lowest BCUT2D eigenvalue weighted by atomic mass is 10.0. The monoisotopic (exact) mass is 334 g/mol. The van der Waals surface area contributed by atoms with Crippen molar-refractivity contribution in [3.63, 3.8) is 0 Å². The number of rotatable bonds is 5. The molecule has 0 aliphatic carbocycles. The average molecular weight is 334 g/mol. The molecule has 2 aromatic rings. The molecule has 0 bridgehead atoms. The molecule has 1 aliphatic heterocycles. The molecule has 1 unspecified atom stereocenters. The fraction of sp³-hybridized carbons (Fsp3) is 0.238. The predicted molar refractivity (Wildman–Crippen MR) is 99.1 cm³/mol. The van der Waals surface area contributed by atoms with Gasteiger partial charge in [0.1, 0.15) is 11.6 Å². The van der Waals surface area contributed by atoms with Crippen molar-refractivity contribution < 1.29 is 9.59 Å². The van der Waals surface area contributed by atoms with Crippen LogP contribution in [0.5, 0.6) is 0 Å². The van der Waals surface area contributed by atoms with Crippen LogP contribution in [0, 0.1) is 0 Å². The van der Waals surface area contributed by atoms with Crippen LogP contribution in [-0.2, 0) is 9.59 Å². The third-order valence-corrected chi connectivity index (χ3v) is 4.49. The highest BCUT2D eigenvalue weighted by molar-refractivity contribution is 6.33. The number of Topliss-reactive ketones (excluding diaryl/α,β-unsaturated/α-hetero) is 1. The van der Waals surface area contributed by atoms with Gasteiger partial charge in [-0.3, -0.25) is 14.5 Å². The first-order valence-electron chi connectivity index (χ1n) is 8.61. The molecule has 4 nitrogen and oxygen atoms in total. The first-order valence-corrected chi connectivity index (χ1v) is 8.61. The number of nitrogens with zero attached hydrogens (tertiary/aromatic N) is 2. The molecule has 1 heterocycles. The van der Waals surface area contributed by atoms with Gasteiger partial charge in [0, 0.05) is 25.0 Å². The Morgan fingerprint density at radius 1 is 0.920 bits per heavy atom. The molecule has 0 N–H and O–H groups in total. The molecule has 128 valence electrons. The zero-order chi connectivity index (χ0) is 17.8. The van der Waals surface area contributed by atoms with Crippen LogP contribution in [0.4, 0.5) is 5.69 Å². The Bertz CT molecular complexity index is 721. The van der Waals surface area contributed by atoms with Crippen molar-refractivity contribution >= 4 is 17.4 Å². The minimum absolute atomic E-state index is 0.146. The van der Waals surface area contributed by atoms with Gasteiger partial charge in [-0.1, -0.05) is 48.5 Å². The number of anilines is 1. The molecule has 25 heavy (non-hydrogen) atoms. The van der Waals surface area contributed by atoms with Crippen molar-refractivity contribution in [2.75, 3.05) is 18.0 Å². The molecule has 2 aromatic carbocycles. The van der Waals surface area contributed by atoms with E-state index in [1.54, 1.807) is 11.1 Å². The third-order valence-electron chi connectivity index (χ3n) is 4.49. The molecule has 0 aromatic heterocycles. The van der Waals surface area contributed by atoms with Crippen LogP contribution in [0.3, 0.4) is 0 Å². The van der Waals surface area contributed by atoms with Crippen LogP contribution < -0.4 is 4.90 Å². The van der Waals surface area contributed by atoms with Crippen LogP contribution in [0.15, 0.2) is 72.4 Å². The summed E-state index contributed by atoms with van der Waals surface area (Å²) in [7, 11) is 0. The topological polar surface area (TPSA) is 40.6 Å². The maximum Gasteiger partial charge on any atom is 0.264 e. The maximum absolute atomic E-state index is 13.1. The summed E-state index contributed by atoms with van der Waals surface area (Å²) in [4.78, 5) is 29.8. The van der Waals surface area contributed by atoms with E-state index < -0.39 is 6.04 Å². The van der Waals surface area contributed by atoms with E-state index in [1.807, 2.05) is 79.4 Å². The summed E-state index contributed by atoms with van der Waals surface area (Å²) in [6, 6.07) is 18.2. The normalized spacial score (nSPS) is 18.9. The molecule has 1 fully saturated rings. The minimum Gasteiger partial charge on any atom is -0.377 e. The van der Waals surface area contributed by atoms with Gasteiger partial charge in [0.15, 0.2) is 5.78 Å². The van der Waals surface area contributed by atoms with Crippen LogP contribution in [-0.4, -0.2) is 29.7 Å². The fourth-order valence-electron chi connectivity index (χ4n) is 3.12. The van der Waals surface area contributed by atoms with Gasteiger partial charge in [0.25, 0.3) is 5.91 Å². The van der Waals surface area contributed by atoms with E-state index >= 15 is 0 Å². The predicted octanol–water partition coefficient (Wildman–Crippen LogP) is 3.57. The first kappa shape index (κ1) is 17.0. The third kappa shape index (κ3) is 3.20. The zero-order valence-corrected chi connectivity index (χ0v) is 14.6. The number of benzene rings is 2. The molecule has 0 spiro atoms. The summed E-state index contributed by atoms with van der Waals surface area (Å²) in [5.41, 5.74) is 1.81. The second-order valence-corrected chi connectivity index (χ2v) is 5.95. The molecular formula is C21H22N2O2. The van der Waals surface area contributed by atoms with Gasteiger partial charge >= 0.3 is 0 Å². The standard InChI is InChI=1S/C21H22N2O2/c1-3-22(4-2)15-18-20(24)19(16-11-7-5-8-12-16)23(21(18)25)17-13-9-6-10-14-17/h5-15,19H,3-4H2,1-2H3/b18-15+. The van der Waals surface area contributed by atoms with E-state index in [0.29, 0.717) is 0 Å². The summed E-state index contributed by atoms with van der Waals surface area (Å²) in [6.07, 6.45) is 1.71. The minimum atomic E-state index is -0.613. The molecule has 1 aliphatic rings. The molecular weight excluding hydrogens is 312 g/mol. The number of para-hydroxylation sites is 1. The van der Waals surface area contributed by atoms with Gasteiger partial charge < -0.3 is 4.90 Å². The van der Waals surface area contributed by atoms with E-state index in [0.717, 1.165) is 24.3 Å². The van der Waals surface area contributed by atoms with Crippen molar-refractivity contribution in [2.24, 2.45) is 0 Å². The number of ketones is 1. The van der Waals surface area contributed by atoms with Gasteiger partial charge in [-0.25, -0.2) is 0 Å². The van der Waals surface area contributed by atoms with E-state index in [-0.39, 0.29) is 17.3 Å². The van der Waals surface area contributed by atoms with Crippen molar-refractivity contribution in [1.82, 2.24) is 4.90 Å². The number of carbonyl (C=O) groups excluding carboxylic acids is 2. The first-order chi connectivity index (χ1) is 12.2. The second-order valence-electron chi connectivity index (χ2n) is 5.95. The second kappa shape index (κ2) is 7.34. The van der Waals surface area contributed by atoms with Crippen molar-refractivity contribution in [1.29, 1.82) is 0 Å². The van der Waals surface area contributed by atoms with E-state index in [4.69, 9.17) is 0 Å². The number of hydrogen-bond donors (Lipinski definition) is 0. The number of hydrogen-bond acceptors (Lipinski definition) is 3. The van der Waals surface area contributed by atoms with Crippen LogP contribution in [0.25, 0.3) is 0 Å². The highest BCUT2D eigenvalue weighted by atomic mass is 16.2. The smallest absolute Gasteiger partial charge is 0.264 e. The highest BCUT2D eigenvalue weighted by Crippen LogP contribution is 2.37. The van der Waals surface area contributed by atoms with Crippen LogP contribution in [0.2, 0.25) is 0 Å². The fourth-order valence-corrected chi connectivity index (χ4v) is 3.12. The Morgan fingerprint density at radius 2 is 1.48 bits per heavy atom. The summed E-state index contributed by atoms with van der Waals surface area (Å²) >= 11 is 0. The Morgan fingerprint density at radius 3 is 2.04 bits per heavy atom. The molecule has 1 saturated heterocycles. The summed E-state index contributed by atoms with van der Waals surface area (Å²) in [6.45, 7) is 5.52. The maximum atomic E-state index is 13.1. The van der Waals surface area contributed by atoms with Gasteiger partial charge in [0.2, 0.25) is 0 Å². The molecule has 1 atom stereocenters. The van der Waals surface area contributed by atoms with Gasteiger partial charge in [-0.15, -0.1) is 0 Å². The van der Waals surface area contributed by atoms with E-state index in [1.165, 1.54) is 0 Å². The molecule has 3 rings (SSSR count). The molecule has 0 radical (unpaired) electrons. The highest BCUT2D eigenvalue weighted by Gasteiger charge is 2.44. The number of carbonyl (C=O) groups is 2. The average Bonchev–Trinajstić information content (AvgIpc) is 2.91. The largest absolute Gasteiger partial charge is 0.377 e. The Kier molecular flexibility index (Phi) is 4.98. The van der Waals surface area contributed by atoms with E-state index in [2.05, 4.69) is 0 Å². The van der Waals surface area contributed by atoms with Gasteiger partial charge in [-0.2, -0.15) is 0 Å². The van der Waals surface area contributed by atoms with Crippen molar-refractivity contribution in [3.05, 3.63) is 78.0 Å². The Balaban J connectivity index is 2.10. The Hall–Kier alpha value is -2.88. The van der Waals surface area contributed by atoms with Crippen LogP contribution >= 0.6 is 0 Å².